The summed E-state index contributed by atoms with van der Waals surface area (Å²) in [5.41, 5.74) is 20.0. The van der Waals surface area contributed by atoms with Crippen molar-refractivity contribution in [2.75, 3.05) is 0 Å². The zero-order valence-electron chi connectivity index (χ0n) is 18.3. The number of aryl methyl sites for hydroxylation is 4. The van der Waals surface area contributed by atoms with Crippen molar-refractivity contribution < 1.29 is 27.6 Å². The number of aliphatic imine (C=N–C) groups is 2. The van der Waals surface area contributed by atoms with Crippen molar-refractivity contribution in [1.29, 1.82) is 0 Å². The molecule has 0 unspecified atom stereocenters. The van der Waals surface area contributed by atoms with Crippen LogP contribution in [0.15, 0.2) is 58.5 Å². The molecule has 3 aromatic carbocycles. The molecule has 0 aliphatic rings. The summed E-state index contributed by atoms with van der Waals surface area (Å²) < 4.78 is 0. The molecule has 0 amide bonds. The molecule has 0 aliphatic carbocycles. The Balaban J connectivity index is 0.00000121. The Bertz CT molecular complexity index is 1100. The van der Waals surface area contributed by atoms with Crippen LogP contribution in [0, 0.1) is 27.7 Å². The summed E-state index contributed by atoms with van der Waals surface area (Å²) in [6.45, 7) is 7.71. The number of benzene rings is 3. The topological polar surface area (TPSA) is 124 Å². The van der Waals surface area contributed by atoms with E-state index in [-0.39, 0.29) is 28.9 Å². The van der Waals surface area contributed by atoms with E-state index in [1.807, 2.05) is 76.2 Å². The third-order valence-electron chi connectivity index (χ3n) is 4.52. The van der Waals surface area contributed by atoms with Gasteiger partial charge in [-0.2, -0.15) is 0 Å². The number of aromatic hydroxyl groups is 2. The van der Waals surface area contributed by atoms with Crippen LogP contribution in [-0.4, -0.2) is 22.6 Å². The first kappa shape index (κ1) is 26.5. The number of rotatable bonds is 4. The maximum Gasteiger partial charge on any atom is 0.127 e. The summed E-state index contributed by atoms with van der Waals surface area (Å²) in [5.74, 6) is 0.464. The van der Waals surface area contributed by atoms with Crippen molar-refractivity contribution in [3.05, 3.63) is 97.9 Å². The van der Waals surface area contributed by atoms with Crippen LogP contribution >= 0.6 is 0 Å². The molecule has 8 heteroatoms. The summed E-state index contributed by atoms with van der Waals surface area (Å²) >= 11 is 0. The SMILES string of the molecule is Cc1cc(C)c(O)c(C=Nc2ccccc2N=Cc2cc(C)cc(C)c2O)c1.[Cr].[N-]=[N+]=[N-]. The number of phenolic OH excluding ortho intramolecular Hbond substituents is 2. The molecule has 0 saturated carbocycles. The summed E-state index contributed by atoms with van der Waals surface area (Å²) in [5, 5.41) is 20.5. The van der Waals surface area contributed by atoms with Gasteiger partial charge < -0.3 is 21.3 Å². The predicted octanol–water partition coefficient (Wildman–Crippen LogP) is 6.70. The molecule has 0 aliphatic heterocycles. The third-order valence-corrected chi connectivity index (χ3v) is 4.52. The molecule has 0 bridgehead atoms. The van der Waals surface area contributed by atoms with Gasteiger partial charge in [0.1, 0.15) is 11.5 Å². The second kappa shape index (κ2) is 12.3. The molecule has 7 nitrogen and oxygen atoms in total. The summed E-state index contributed by atoms with van der Waals surface area (Å²) in [7, 11) is 0. The second-order valence-corrected chi connectivity index (χ2v) is 7.13. The monoisotopic (exact) mass is 466 g/mol. The van der Waals surface area contributed by atoms with E-state index < -0.39 is 0 Å². The smallest absolute Gasteiger partial charge is 0.127 e. The average Bonchev–Trinajstić information content (AvgIpc) is 2.72. The number of nitrogens with zero attached hydrogens (tertiary/aromatic N) is 5. The van der Waals surface area contributed by atoms with Gasteiger partial charge in [0.05, 0.1) is 11.4 Å². The maximum atomic E-state index is 10.3. The van der Waals surface area contributed by atoms with Crippen LogP contribution in [0.3, 0.4) is 0 Å². The fraction of sp³-hybridized carbons (Fsp3) is 0.167. The quantitative estimate of drug-likeness (QED) is 0.192. The van der Waals surface area contributed by atoms with Gasteiger partial charge in [-0.25, -0.2) is 0 Å². The van der Waals surface area contributed by atoms with Gasteiger partial charge in [0.25, 0.3) is 0 Å². The standard InChI is InChI=1S/C24H24N2O2.Cr.N3/c1-15-9-17(3)23(27)19(11-15)13-25-21-7-5-6-8-22(21)26-14-20-12-16(2)10-18(4)24(20)28;;1-3-2/h5-14,27-28H,1-4H3;;/q;;-1. The van der Waals surface area contributed by atoms with E-state index >= 15 is 0 Å². The van der Waals surface area contributed by atoms with Gasteiger partial charge in [-0.1, -0.05) is 24.3 Å². The van der Waals surface area contributed by atoms with Crippen LogP contribution in [0.5, 0.6) is 11.5 Å². The van der Waals surface area contributed by atoms with E-state index in [0.717, 1.165) is 22.3 Å². The molecule has 0 heterocycles. The van der Waals surface area contributed by atoms with Crippen molar-refractivity contribution in [3.8, 4) is 11.5 Å². The molecule has 0 radical (unpaired) electrons. The molecule has 164 valence electrons. The number of hydrogen-bond donors (Lipinski definition) is 2. The number of phenols is 2. The number of hydrogen-bond acceptors (Lipinski definition) is 4. The van der Waals surface area contributed by atoms with Crippen molar-refractivity contribution in [2.24, 2.45) is 9.98 Å². The fourth-order valence-electron chi connectivity index (χ4n) is 3.14. The first-order chi connectivity index (χ1) is 14.8. The van der Waals surface area contributed by atoms with Gasteiger partial charge >= 0.3 is 0 Å². The minimum absolute atomic E-state index is 0. The summed E-state index contributed by atoms with van der Waals surface area (Å²) in [4.78, 5) is 10.6. The second-order valence-electron chi connectivity index (χ2n) is 7.13. The normalized spacial score (nSPS) is 10.4. The third kappa shape index (κ3) is 7.00. The molecule has 32 heavy (non-hydrogen) atoms. The summed E-state index contributed by atoms with van der Waals surface area (Å²) in [6, 6.07) is 15.2. The fourth-order valence-corrected chi connectivity index (χ4v) is 3.14. The van der Waals surface area contributed by atoms with Crippen LogP contribution < -0.4 is 0 Å². The minimum Gasteiger partial charge on any atom is -0.507 e. The Kier molecular flexibility index (Phi) is 10.2. The van der Waals surface area contributed by atoms with Gasteiger partial charge in [0.15, 0.2) is 0 Å². The zero-order valence-corrected chi connectivity index (χ0v) is 19.6. The first-order valence-corrected chi connectivity index (χ1v) is 9.52. The van der Waals surface area contributed by atoms with Crippen molar-refractivity contribution in [3.63, 3.8) is 0 Å². The Morgan fingerprint density at radius 3 is 1.41 bits per heavy atom. The van der Waals surface area contributed by atoms with Gasteiger partial charge in [-0.05, 0) is 74.2 Å². The predicted molar refractivity (Wildman–Crippen MR) is 126 cm³/mol. The van der Waals surface area contributed by atoms with E-state index in [4.69, 9.17) is 11.1 Å². The molecule has 3 rings (SSSR count). The van der Waals surface area contributed by atoms with Gasteiger partial charge in [0, 0.05) is 40.9 Å². The van der Waals surface area contributed by atoms with Crippen LogP contribution in [0.2, 0.25) is 0 Å². The number of para-hydroxylation sites is 2. The van der Waals surface area contributed by atoms with E-state index in [9.17, 15) is 10.2 Å². The molecule has 0 fully saturated rings. The Morgan fingerprint density at radius 1 is 0.719 bits per heavy atom. The molecule has 3 aromatic rings. The van der Waals surface area contributed by atoms with E-state index in [1.165, 1.54) is 4.91 Å². The zero-order chi connectivity index (χ0) is 23.0. The molecular weight excluding hydrogens is 442 g/mol. The minimum atomic E-state index is 0. The Labute approximate surface area is 198 Å². The van der Waals surface area contributed by atoms with Crippen molar-refractivity contribution in [1.82, 2.24) is 0 Å². The average molecular weight is 466 g/mol. The van der Waals surface area contributed by atoms with Crippen molar-refractivity contribution in [2.45, 2.75) is 27.7 Å². The summed E-state index contributed by atoms with van der Waals surface area (Å²) in [6.07, 6.45) is 3.30. The van der Waals surface area contributed by atoms with Crippen LogP contribution in [0.25, 0.3) is 16.0 Å². The van der Waals surface area contributed by atoms with E-state index in [1.54, 1.807) is 12.4 Å². The van der Waals surface area contributed by atoms with E-state index in [2.05, 4.69) is 9.98 Å². The molecule has 0 spiro atoms. The Morgan fingerprint density at radius 2 is 1.06 bits per heavy atom. The maximum absolute atomic E-state index is 10.3. The van der Waals surface area contributed by atoms with Gasteiger partial charge in [-0.15, -0.1) is 0 Å². The van der Waals surface area contributed by atoms with E-state index in [0.29, 0.717) is 22.5 Å². The Hall–Kier alpha value is -3.56. The van der Waals surface area contributed by atoms with Crippen LogP contribution in [0.1, 0.15) is 33.4 Å². The van der Waals surface area contributed by atoms with Crippen LogP contribution in [0.4, 0.5) is 11.4 Å². The molecule has 0 saturated heterocycles. The molecule has 0 atom stereocenters. The first-order valence-electron chi connectivity index (χ1n) is 9.52. The van der Waals surface area contributed by atoms with Crippen LogP contribution in [-0.2, 0) is 17.4 Å². The molecular formula is C24H24CrN5O2-. The van der Waals surface area contributed by atoms with Gasteiger partial charge in [-0.3, -0.25) is 14.9 Å². The molecule has 0 aromatic heterocycles. The van der Waals surface area contributed by atoms with Crippen molar-refractivity contribution >= 4 is 23.8 Å². The molecule has 2 N–H and O–H groups in total. The van der Waals surface area contributed by atoms with Gasteiger partial charge in [0.2, 0.25) is 0 Å². The largest absolute Gasteiger partial charge is 0.507 e.